The van der Waals surface area contributed by atoms with Gasteiger partial charge < -0.3 is 5.11 Å². The fourth-order valence-corrected chi connectivity index (χ4v) is 5.78. The summed E-state index contributed by atoms with van der Waals surface area (Å²) in [7, 11) is 0. The van der Waals surface area contributed by atoms with E-state index in [1.807, 2.05) is 0 Å². The van der Waals surface area contributed by atoms with E-state index in [9.17, 15) is 15.2 Å². The van der Waals surface area contributed by atoms with Gasteiger partial charge in [-0.25, -0.2) is 4.39 Å². The van der Waals surface area contributed by atoms with Gasteiger partial charge in [0.1, 0.15) is 17.3 Å². The predicted octanol–water partition coefficient (Wildman–Crippen LogP) is 5.68. The molecular weight excluding hydrogens is 438 g/mol. The van der Waals surface area contributed by atoms with E-state index in [-0.39, 0.29) is 10.6 Å². The fourth-order valence-electron chi connectivity index (χ4n) is 5.48. The van der Waals surface area contributed by atoms with Crippen LogP contribution in [-0.4, -0.2) is 23.2 Å². The third-order valence-electron chi connectivity index (χ3n) is 6.89. The normalized spacial score (nSPS) is 28.5. The molecule has 1 heterocycles. The highest BCUT2D eigenvalue weighted by Crippen LogP contribution is 2.52. The highest BCUT2D eigenvalue weighted by molar-refractivity contribution is 6.31. The monoisotopic (exact) mass is 460 g/mol. The molecule has 2 aromatic carbocycles. The van der Waals surface area contributed by atoms with E-state index < -0.39 is 35.2 Å². The zero-order valence-corrected chi connectivity index (χ0v) is 18.3. The maximum atomic E-state index is 15.2. The Morgan fingerprint density at radius 1 is 1.19 bits per heavy atom. The molecule has 2 N–H and O–H groups in total. The van der Waals surface area contributed by atoms with Crippen LogP contribution in [0, 0.1) is 23.1 Å². The first-order valence-corrected chi connectivity index (χ1v) is 11.2. The molecule has 1 saturated heterocycles. The lowest BCUT2D eigenvalue weighted by atomic mass is 9.63. The quantitative estimate of drug-likeness (QED) is 0.601. The van der Waals surface area contributed by atoms with Crippen molar-refractivity contribution >= 4 is 29.2 Å². The van der Waals surface area contributed by atoms with Gasteiger partial charge in [0.05, 0.1) is 11.1 Å². The number of nitriles is 1. The molecule has 7 heteroatoms. The molecule has 2 aliphatic rings. The minimum atomic E-state index is -1.29. The minimum absolute atomic E-state index is 0.0937. The first kappa shape index (κ1) is 22.1. The Balaban J connectivity index is 1.92. The van der Waals surface area contributed by atoms with Crippen LogP contribution in [0.4, 0.5) is 4.39 Å². The summed E-state index contributed by atoms with van der Waals surface area (Å²) in [6.07, 6.45) is 5.01. The summed E-state index contributed by atoms with van der Waals surface area (Å²) in [6.45, 7) is 0. The van der Waals surface area contributed by atoms with Gasteiger partial charge in [-0.2, -0.15) is 5.26 Å². The van der Waals surface area contributed by atoms with Gasteiger partial charge in [0, 0.05) is 17.0 Å². The van der Waals surface area contributed by atoms with Gasteiger partial charge in [-0.05, 0) is 41.7 Å². The standard InChI is InChI=1S/C24H23Cl2FN2O2/c25-16-10-8-15(9-11-16)24(13-28)19(12-14-4-1-2-5-14)29-22(23(30)31)20(24)17-6-3-7-18(26)21(17)27/h3,6-11,14,19-20,22,29H,1-2,4-5,12H2,(H,30,31)/t19-,20-,22+,24-/m0/s1. The van der Waals surface area contributed by atoms with Crippen LogP contribution in [0.25, 0.3) is 0 Å². The Hall–Kier alpha value is -2.13. The molecule has 1 saturated carbocycles. The molecular formula is C24H23Cl2FN2O2. The molecule has 0 bridgehead atoms. The molecule has 0 unspecified atom stereocenters. The summed E-state index contributed by atoms with van der Waals surface area (Å²) in [5.41, 5.74) is -0.525. The molecule has 2 aromatic rings. The van der Waals surface area contributed by atoms with Gasteiger partial charge in [0.15, 0.2) is 0 Å². The second-order valence-corrected chi connectivity index (χ2v) is 9.37. The van der Waals surface area contributed by atoms with Crippen molar-refractivity contribution in [1.29, 1.82) is 5.26 Å². The summed E-state index contributed by atoms with van der Waals surface area (Å²) < 4.78 is 15.2. The SMILES string of the molecule is N#C[C@]1(c2ccc(Cl)cc2)[C@H](CC2CCCC2)N[C@@H](C(=O)O)[C@@H]1c1cccc(Cl)c1F. The Kier molecular flexibility index (Phi) is 6.25. The van der Waals surface area contributed by atoms with Crippen LogP contribution in [0.3, 0.4) is 0 Å². The number of nitrogens with zero attached hydrogens (tertiary/aromatic N) is 1. The largest absolute Gasteiger partial charge is 0.480 e. The van der Waals surface area contributed by atoms with Crippen molar-refractivity contribution < 1.29 is 14.3 Å². The van der Waals surface area contributed by atoms with Gasteiger partial charge in [0.25, 0.3) is 0 Å². The van der Waals surface area contributed by atoms with Crippen LogP contribution < -0.4 is 5.32 Å². The van der Waals surface area contributed by atoms with E-state index in [1.165, 1.54) is 12.1 Å². The summed E-state index contributed by atoms with van der Waals surface area (Å²) >= 11 is 12.1. The molecule has 0 radical (unpaired) electrons. The van der Waals surface area contributed by atoms with Crippen LogP contribution >= 0.6 is 23.2 Å². The minimum Gasteiger partial charge on any atom is -0.480 e. The second-order valence-electron chi connectivity index (χ2n) is 8.53. The smallest absolute Gasteiger partial charge is 0.321 e. The highest BCUT2D eigenvalue weighted by Gasteiger charge is 2.60. The van der Waals surface area contributed by atoms with Gasteiger partial charge in [-0.1, -0.05) is 73.2 Å². The summed E-state index contributed by atoms with van der Waals surface area (Å²) in [5.74, 6) is -2.36. The van der Waals surface area contributed by atoms with Crippen LogP contribution in [0.1, 0.15) is 49.1 Å². The van der Waals surface area contributed by atoms with E-state index in [1.54, 1.807) is 30.3 Å². The zero-order chi connectivity index (χ0) is 22.2. The van der Waals surface area contributed by atoms with E-state index in [4.69, 9.17) is 23.2 Å². The zero-order valence-electron chi connectivity index (χ0n) is 16.8. The summed E-state index contributed by atoms with van der Waals surface area (Å²) in [4.78, 5) is 12.3. The number of hydrogen-bond donors (Lipinski definition) is 2. The molecule has 4 rings (SSSR count). The fraction of sp³-hybridized carbons (Fsp3) is 0.417. The van der Waals surface area contributed by atoms with Crippen molar-refractivity contribution in [1.82, 2.24) is 5.32 Å². The van der Waals surface area contributed by atoms with Crippen molar-refractivity contribution in [2.45, 2.75) is 55.5 Å². The molecule has 0 amide bonds. The van der Waals surface area contributed by atoms with Crippen LogP contribution in [-0.2, 0) is 10.2 Å². The number of carboxylic acid groups (broad SMARTS) is 1. The first-order chi connectivity index (χ1) is 14.9. The lowest BCUT2D eigenvalue weighted by Gasteiger charge is -2.35. The van der Waals surface area contributed by atoms with Crippen molar-refractivity contribution in [2.24, 2.45) is 5.92 Å². The predicted molar refractivity (Wildman–Crippen MR) is 118 cm³/mol. The van der Waals surface area contributed by atoms with Crippen molar-refractivity contribution in [2.75, 3.05) is 0 Å². The molecule has 0 spiro atoms. The third-order valence-corrected chi connectivity index (χ3v) is 7.43. The van der Waals surface area contributed by atoms with E-state index in [2.05, 4.69) is 11.4 Å². The molecule has 2 fully saturated rings. The molecule has 1 aliphatic carbocycles. The number of benzene rings is 2. The Labute approximate surface area is 191 Å². The molecule has 1 aliphatic heterocycles. The van der Waals surface area contributed by atoms with Crippen molar-refractivity contribution in [3.8, 4) is 6.07 Å². The highest BCUT2D eigenvalue weighted by atomic mass is 35.5. The molecule has 0 aromatic heterocycles. The number of aliphatic carboxylic acids is 1. The average Bonchev–Trinajstić information content (AvgIpc) is 3.37. The van der Waals surface area contributed by atoms with Gasteiger partial charge >= 0.3 is 5.97 Å². The van der Waals surface area contributed by atoms with Crippen molar-refractivity contribution in [3.05, 3.63) is 69.5 Å². The summed E-state index contributed by atoms with van der Waals surface area (Å²) in [6, 6.07) is 12.3. The van der Waals surface area contributed by atoms with E-state index in [0.717, 1.165) is 25.7 Å². The number of carbonyl (C=O) groups is 1. The van der Waals surface area contributed by atoms with Gasteiger partial charge in [-0.3, -0.25) is 10.1 Å². The number of carboxylic acids is 1. The molecule has 4 atom stereocenters. The Morgan fingerprint density at radius 3 is 2.48 bits per heavy atom. The maximum Gasteiger partial charge on any atom is 0.321 e. The van der Waals surface area contributed by atoms with E-state index in [0.29, 0.717) is 22.9 Å². The molecule has 162 valence electrons. The second kappa shape index (κ2) is 8.78. The van der Waals surface area contributed by atoms with Gasteiger partial charge in [0.2, 0.25) is 0 Å². The summed E-state index contributed by atoms with van der Waals surface area (Å²) in [5, 5.41) is 24.3. The first-order valence-electron chi connectivity index (χ1n) is 10.5. The lowest BCUT2D eigenvalue weighted by molar-refractivity contribution is -0.139. The average molecular weight is 461 g/mol. The Morgan fingerprint density at radius 2 is 1.87 bits per heavy atom. The number of nitrogens with one attached hydrogen (secondary N) is 1. The van der Waals surface area contributed by atoms with Gasteiger partial charge in [-0.15, -0.1) is 0 Å². The van der Waals surface area contributed by atoms with Crippen LogP contribution in [0.5, 0.6) is 0 Å². The maximum absolute atomic E-state index is 15.2. The van der Waals surface area contributed by atoms with Crippen molar-refractivity contribution in [3.63, 3.8) is 0 Å². The molecule has 31 heavy (non-hydrogen) atoms. The Bertz CT molecular complexity index is 1020. The van der Waals surface area contributed by atoms with Crippen LogP contribution in [0.2, 0.25) is 10.0 Å². The van der Waals surface area contributed by atoms with E-state index >= 15 is 4.39 Å². The van der Waals surface area contributed by atoms with Crippen LogP contribution in [0.15, 0.2) is 42.5 Å². The number of halogens is 3. The molecule has 4 nitrogen and oxygen atoms in total. The third kappa shape index (κ3) is 3.82. The lowest BCUT2D eigenvalue weighted by Crippen LogP contribution is -2.43. The number of rotatable bonds is 5. The topological polar surface area (TPSA) is 73.1 Å². The number of hydrogen-bond acceptors (Lipinski definition) is 3.